The molecule has 2 heterocycles. The first kappa shape index (κ1) is 21.7. The Morgan fingerprint density at radius 3 is 2.47 bits per heavy atom. The molecule has 0 N–H and O–H groups in total. The third-order valence-electron chi connectivity index (χ3n) is 5.24. The van der Waals surface area contributed by atoms with Crippen molar-refractivity contribution in [2.24, 2.45) is 0 Å². The zero-order valence-corrected chi connectivity index (χ0v) is 17.7. The van der Waals surface area contributed by atoms with Gasteiger partial charge in [-0.3, -0.25) is 9.48 Å². The number of hydrogen-bond acceptors (Lipinski definition) is 5. The zero-order valence-electron chi connectivity index (χ0n) is 17.7. The number of carbonyl (C=O) groups excluding carboxylic acids is 2. The summed E-state index contributed by atoms with van der Waals surface area (Å²) in [6.07, 6.45) is 9.38. The molecule has 0 bridgehead atoms. The van der Waals surface area contributed by atoms with Crippen molar-refractivity contribution >= 4 is 11.9 Å². The Bertz CT molecular complexity index is 857. The minimum atomic E-state index is -0.359. The summed E-state index contributed by atoms with van der Waals surface area (Å²) in [5.41, 5.74) is 3.78. The maximum Gasteiger partial charge on any atom is 0.333 e. The Morgan fingerprint density at radius 1 is 1.07 bits per heavy atom. The Balaban J connectivity index is 1.23. The first-order valence-electron chi connectivity index (χ1n) is 10.7. The number of aryl methyl sites for hydroxylation is 2. The number of hydroxylamine groups is 2. The number of allylic oxidation sites excluding steroid dienone is 1. The lowest BCUT2D eigenvalue weighted by molar-refractivity contribution is -0.186. The molecule has 1 saturated heterocycles. The summed E-state index contributed by atoms with van der Waals surface area (Å²) >= 11 is 0. The van der Waals surface area contributed by atoms with E-state index >= 15 is 0 Å². The van der Waals surface area contributed by atoms with Crippen LogP contribution in [0.25, 0.3) is 11.3 Å². The van der Waals surface area contributed by atoms with Gasteiger partial charge in [-0.1, -0.05) is 67.3 Å². The Morgan fingerprint density at radius 2 is 1.77 bits per heavy atom. The molecule has 7 heteroatoms. The van der Waals surface area contributed by atoms with Crippen molar-refractivity contribution in [2.75, 3.05) is 0 Å². The molecule has 0 aliphatic carbocycles. The van der Waals surface area contributed by atoms with Gasteiger partial charge in [0.15, 0.2) is 0 Å². The molecule has 1 aliphatic rings. The second-order valence-corrected chi connectivity index (χ2v) is 7.82. The molecule has 0 radical (unpaired) electrons. The molecule has 1 aromatic carbocycles. The molecule has 160 valence electrons. The molecule has 1 aromatic heterocycles. The molecule has 2 aromatic rings. The van der Waals surface area contributed by atoms with E-state index in [4.69, 9.17) is 4.84 Å². The van der Waals surface area contributed by atoms with Crippen LogP contribution >= 0.6 is 0 Å². The molecule has 7 nitrogen and oxygen atoms in total. The lowest BCUT2D eigenvalue weighted by atomic mass is 10.1. The predicted octanol–water partition coefficient (Wildman–Crippen LogP) is 4.58. The summed E-state index contributed by atoms with van der Waals surface area (Å²) in [4.78, 5) is 28.5. The summed E-state index contributed by atoms with van der Waals surface area (Å²) in [6, 6.07) is 8.30. The van der Waals surface area contributed by atoms with Crippen LogP contribution in [0, 0.1) is 6.92 Å². The molecule has 0 spiro atoms. The highest BCUT2D eigenvalue weighted by Crippen LogP contribution is 2.21. The Labute approximate surface area is 177 Å². The van der Waals surface area contributed by atoms with E-state index in [9.17, 15) is 9.59 Å². The van der Waals surface area contributed by atoms with E-state index in [2.05, 4.69) is 48.1 Å². The average Bonchev–Trinajstić information content (AvgIpc) is 3.32. The molecule has 3 rings (SSSR count). The van der Waals surface area contributed by atoms with E-state index in [1.807, 2.05) is 10.9 Å². The third-order valence-corrected chi connectivity index (χ3v) is 5.24. The predicted molar refractivity (Wildman–Crippen MR) is 114 cm³/mol. The quantitative estimate of drug-likeness (QED) is 0.507. The van der Waals surface area contributed by atoms with Gasteiger partial charge >= 0.3 is 5.97 Å². The molecule has 1 amide bonds. The van der Waals surface area contributed by atoms with Gasteiger partial charge in [0.2, 0.25) is 0 Å². The first-order valence-corrected chi connectivity index (χ1v) is 10.7. The number of hydrogen-bond donors (Lipinski definition) is 0. The van der Waals surface area contributed by atoms with Crippen LogP contribution < -0.4 is 0 Å². The molecule has 1 fully saturated rings. The molecule has 1 aliphatic heterocycles. The van der Waals surface area contributed by atoms with Gasteiger partial charge in [0.25, 0.3) is 5.91 Å². The number of aromatic nitrogens is 3. The van der Waals surface area contributed by atoms with Gasteiger partial charge in [0.1, 0.15) is 5.69 Å². The van der Waals surface area contributed by atoms with Crippen molar-refractivity contribution in [3.8, 4) is 11.3 Å². The number of unbranched alkanes of at least 4 members (excludes halogenated alkanes) is 5. The second-order valence-electron chi connectivity index (χ2n) is 7.82. The van der Waals surface area contributed by atoms with Crippen LogP contribution in [0.3, 0.4) is 0 Å². The van der Waals surface area contributed by atoms with Crippen LogP contribution in [0.1, 0.15) is 63.4 Å². The smallest absolute Gasteiger partial charge is 0.333 e. The van der Waals surface area contributed by atoms with Crippen LogP contribution in [-0.2, 0) is 21.0 Å². The summed E-state index contributed by atoms with van der Waals surface area (Å²) in [6.45, 7) is 6.67. The fourth-order valence-corrected chi connectivity index (χ4v) is 3.41. The van der Waals surface area contributed by atoms with Crippen LogP contribution in [0.15, 0.2) is 42.7 Å². The molecule has 0 atom stereocenters. The van der Waals surface area contributed by atoms with Gasteiger partial charge in [-0.15, -0.1) is 10.2 Å². The summed E-state index contributed by atoms with van der Waals surface area (Å²) < 4.78 is 1.90. The van der Waals surface area contributed by atoms with Gasteiger partial charge in [0.05, 0.1) is 11.9 Å². The molecule has 0 saturated carbocycles. The minimum absolute atomic E-state index is 0.188. The van der Waals surface area contributed by atoms with Crippen LogP contribution in [0.4, 0.5) is 0 Å². The molecular formula is C23H30N4O3. The van der Waals surface area contributed by atoms with E-state index < -0.39 is 0 Å². The number of nitrogens with zero attached hydrogens (tertiary/aromatic N) is 4. The summed E-state index contributed by atoms with van der Waals surface area (Å²) in [7, 11) is 0. The van der Waals surface area contributed by atoms with Gasteiger partial charge in [-0.25, -0.2) is 4.79 Å². The number of rotatable bonds is 11. The topological polar surface area (TPSA) is 77.3 Å². The maximum absolute atomic E-state index is 11.8. The van der Waals surface area contributed by atoms with Crippen molar-refractivity contribution in [3.63, 3.8) is 0 Å². The fourth-order valence-electron chi connectivity index (χ4n) is 3.41. The fraction of sp³-hybridized carbons (Fsp3) is 0.478. The van der Waals surface area contributed by atoms with Crippen molar-refractivity contribution in [1.29, 1.82) is 0 Å². The van der Waals surface area contributed by atoms with Crippen LogP contribution in [0.5, 0.6) is 0 Å². The molecule has 0 unspecified atom stereocenters. The normalized spacial score (nSPS) is 13.8. The summed E-state index contributed by atoms with van der Waals surface area (Å²) in [5.74, 6) is -0.548. The number of carbonyl (C=O) groups is 2. The van der Waals surface area contributed by atoms with Gasteiger partial charge in [-0.2, -0.15) is 0 Å². The maximum atomic E-state index is 11.8. The van der Waals surface area contributed by atoms with Crippen LogP contribution in [-0.4, -0.2) is 31.9 Å². The van der Waals surface area contributed by atoms with E-state index in [0.29, 0.717) is 25.0 Å². The van der Waals surface area contributed by atoms with E-state index in [0.717, 1.165) is 61.4 Å². The SMILES string of the molecule is C=C1CCC(=O)N1OC(=O)CCCCCCCCn1cc(-c2ccc(C)cc2)nn1. The largest absolute Gasteiger partial charge is 0.334 e. The van der Waals surface area contributed by atoms with E-state index in [-0.39, 0.29) is 11.9 Å². The molecule has 30 heavy (non-hydrogen) atoms. The van der Waals surface area contributed by atoms with Gasteiger partial charge in [-0.05, 0) is 26.2 Å². The van der Waals surface area contributed by atoms with Crippen LogP contribution in [0.2, 0.25) is 0 Å². The zero-order chi connectivity index (χ0) is 21.3. The van der Waals surface area contributed by atoms with Crippen molar-refractivity contribution < 1.29 is 14.4 Å². The van der Waals surface area contributed by atoms with Crippen molar-refractivity contribution in [3.05, 3.63) is 48.3 Å². The second kappa shape index (κ2) is 10.7. The van der Waals surface area contributed by atoms with Gasteiger partial charge in [0, 0.05) is 24.9 Å². The monoisotopic (exact) mass is 410 g/mol. The summed E-state index contributed by atoms with van der Waals surface area (Å²) in [5, 5.41) is 9.52. The Kier molecular flexibility index (Phi) is 7.76. The van der Waals surface area contributed by atoms with Gasteiger partial charge < -0.3 is 4.84 Å². The van der Waals surface area contributed by atoms with E-state index in [1.165, 1.54) is 5.56 Å². The standard InChI is InChI=1S/C23H30N4O3/c1-18-10-13-20(14-11-18)21-17-26(25-24-21)16-8-6-4-3-5-7-9-23(29)30-27-19(2)12-15-22(27)28/h10-11,13-14,17H,2-9,12,15-16H2,1H3. The minimum Gasteiger partial charge on any atom is -0.334 e. The highest BCUT2D eigenvalue weighted by atomic mass is 16.7. The van der Waals surface area contributed by atoms with E-state index in [1.54, 1.807) is 0 Å². The van der Waals surface area contributed by atoms with Crippen molar-refractivity contribution in [1.82, 2.24) is 20.1 Å². The Hall–Kier alpha value is -2.96. The lowest BCUT2D eigenvalue weighted by Crippen LogP contribution is -2.26. The van der Waals surface area contributed by atoms with Crippen molar-refractivity contribution in [2.45, 2.75) is 71.3 Å². The third kappa shape index (κ3) is 6.27. The highest BCUT2D eigenvalue weighted by molar-refractivity contribution is 5.82. The number of amides is 1. The molecular weight excluding hydrogens is 380 g/mol. The first-order chi connectivity index (χ1) is 14.5. The average molecular weight is 411 g/mol. The lowest BCUT2D eigenvalue weighted by Gasteiger charge is -2.15. The number of benzene rings is 1. The highest BCUT2D eigenvalue weighted by Gasteiger charge is 2.27.